The summed E-state index contributed by atoms with van der Waals surface area (Å²) >= 11 is 0. The topological polar surface area (TPSA) is 41.7 Å². The Balaban J connectivity index is 1.42. The van der Waals surface area contributed by atoms with Crippen LogP contribution in [0.5, 0.6) is 0 Å². The van der Waals surface area contributed by atoms with Crippen molar-refractivity contribution < 1.29 is 4.74 Å². The molecular weight excluding hydrogens is 238 g/mol. The number of ether oxygens (including phenoxy) is 1. The van der Waals surface area contributed by atoms with Crippen LogP contribution in [0.15, 0.2) is 0 Å². The number of hydrogen-bond donors (Lipinski definition) is 1. The quantitative estimate of drug-likeness (QED) is 0.752. The van der Waals surface area contributed by atoms with Gasteiger partial charge in [0.1, 0.15) is 0 Å². The van der Waals surface area contributed by atoms with Gasteiger partial charge in [-0.3, -0.25) is 4.90 Å². The van der Waals surface area contributed by atoms with Crippen molar-refractivity contribution in [2.75, 3.05) is 45.9 Å². The third-order valence-corrected chi connectivity index (χ3v) is 5.27. The van der Waals surface area contributed by atoms with Gasteiger partial charge in [0, 0.05) is 32.3 Å². The van der Waals surface area contributed by atoms with Crippen LogP contribution < -0.4 is 5.73 Å². The van der Waals surface area contributed by atoms with Crippen molar-refractivity contribution in [2.24, 2.45) is 11.7 Å². The SMILES string of the molecule is NCCCOC1CCN(C2CN3CCC2CC3)CC1. The van der Waals surface area contributed by atoms with E-state index in [1.807, 2.05) is 0 Å². The molecular formula is C15H29N3O. The molecule has 110 valence electrons. The number of hydrogen-bond acceptors (Lipinski definition) is 4. The second-order valence-corrected chi connectivity index (χ2v) is 6.45. The molecule has 4 nitrogen and oxygen atoms in total. The van der Waals surface area contributed by atoms with Crippen LogP contribution in [0.2, 0.25) is 0 Å². The predicted octanol–water partition coefficient (Wildman–Crippen LogP) is 0.910. The zero-order valence-electron chi connectivity index (χ0n) is 12.1. The molecule has 0 aromatic rings. The van der Waals surface area contributed by atoms with Gasteiger partial charge >= 0.3 is 0 Å². The molecule has 4 heteroatoms. The molecule has 0 aromatic heterocycles. The van der Waals surface area contributed by atoms with E-state index in [1.54, 1.807) is 0 Å². The Bertz CT molecular complexity index is 271. The first kappa shape index (κ1) is 13.8. The molecule has 4 aliphatic heterocycles. The minimum Gasteiger partial charge on any atom is -0.378 e. The van der Waals surface area contributed by atoms with Crippen LogP contribution in [0.3, 0.4) is 0 Å². The molecule has 0 aromatic carbocycles. The van der Waals surface area contributed by atoms with Gasteiger partial charge in [0.25, 0.3) is 0 Å². The first-order valence-electron chi connectivity index (χ1n) is 8.15. The lowest BCUT2D eigenvalue weighted by molar-refractivity contribution is -0.0407. The van der Waals surface area contributed by atoms with E-state index >= 15 is 0 Å². The summed E-state index contributed by atoms with van der Waals surface area (Å²) in [6.45, 7) is 8.09. The minimum absolute atomic E-state index is 0.490. The number of rotatable bonds is 5. The van der Waals surface area contributed by atoms with Crippen LogP contribution in [-0.4, -0.2) is 67.8 Å². The monoisotopic (exact) mass is 267 g/mol. The lowest BCUT2D eigenvalue weighted by Gasteiger charge is -2.50. The van der Waals surface area contributed by atoms with Gasteiger partial charge in [-0.15, -0.1) is 0 Å². The number of fused-ring (bicyclic) bond motifs is 3. The van der Waals surface area contributed by atoms with E-state index in [-0.39, 0.29) is 0 Å². The van der Waals surface area contributed by atoms with Crippen molar-refractivity contribution in [3.8, 4) is 0 Å². The number of piperidine rings is 4. The van der Waals surface area contributed by atoms with Crippen molar-refractivity contribution in [1.29, 1.82) is 0 Å². The summed E-state index contributed by atoms with van der Waals surface area (Å²) in [6.07, 6.45) is 6.78. The number of nitrogens with two attached hydrogens (primary N) is 1. The third kappa shape index (κ3) is 3.30. The highest BCUT2D eigenvalue weighted by atomic mass is 16.5. The van der Waals surface area contributed by atoms with Crippen LogP contribution in [-0.2, 0) is 4.74 Å². The summed E-state index contributed by atoms with van der Waals surface area (Å²) in [5.74, 6) is 0.972. The Morgan fingerprint density at radius 3 is 2.32 bits per heavy atom. The maximum absolute atomic E-state index is 5.90. The van der Waals surface area contributed by atoms with Gasteiger partial charge in [0.15, 0.2) is 0 Å². The van der Waals surface area contributed by atoms with Crippen LogP contribution in [0.1, 0.15) is 32.1 Å². The van der Waals surface area contributed by atoms with Crippen molar-refractivity contribution in [3.05, 3.63) is 0 Å². The molecule has 4 heterocycles. The largest absolute Gasteiger partial charge is 0.378 e. The summed E-state index contributed by atoms with van der Waals surface area (Å²) in [6, 6.07) is 0.840. The zero-order valence-corrected chi connectivity index (χ0v) is 12.1. The van der Waals surface area contributed by atoms with E-state index in [0.717, 1.165) is 31.5 Å². The van der Waals surface area contributed by atoms with E-state index in [0.29, 0.717) is 6.10 Å². The average molecular weight is 267 g/mol. The highest BCUT2D eigenvalue weighted by molar-refractivity contribution is 4.93. The summed E-state index contributed by atoms with van der Waals surface area (Å²) in [5, 5.41) is 0. The van der Waals surface area contributed by atoms with Gasteiger partial charge in [0.2, 0.25) is 0 Å². The Labute approximate surface area is 117 Å². The fourth-order valence-corrected chi connectivity index (χ4v) is 4.05. The fourth-order valence-electron chi connectivity index (χ4n) is 4.05. The summed E-state index contributed by atoms with van der Waals surface area (Å²) in [5.41, 5.74) is 5.51. The molecule has 4 rings (SSSR count). The van der Waals surface area contributed by atoms with Gasteiger partial charge in [0.05, 0.1) is 6.10 Å². The van der Waals surface area contributed by atoms with Crippen LogP contribution in [0.4, 0.5) is 0 Å². The zero-order chi connectivity index (χ0) is 13.1. The van der Waals surface area contributed by atoms with E-state index in [1.165, 1.54) is 58.4 Å². The average Bonchev–Trinajstić information content (AvgIpc) is 2.49. The van der Waals surface area contributed by atoms with Gasteiger partial charge < -0.3 is 15.4 Å². The fraction of sp³-hybridized carbons (Fsp3) is 1.00. The second-order valence-electron chi connectivity index (χ2n) is 6.45. The van der Waals surface area contributed by atoms with E-state index in [4.69, 9.17) is 10.5 Å². The molecule has 0 amide bonds. The van der Waals surface area contributed by atoms with Gasteiger partial charge in [-0.1, -0.05) is 0 Å². The molecule has 19 heavy (non-hydrogen) atoms. The number of nitrogens with zero attached hydrogens (tertiary/aromatic N) is 2. The van der Waals surface area contributed by atoms with Gasteiger partial charge in [-0.2, -0.15) is 0 Å². The molecule has 4 aliphatic rings. The molecule has 0 radical (unpaired) electrons. The first-order valence-corrected chi connectivity index (χ1v) is 8.15. The van der Waals surface area contributed by atoms with Crippen molar-refractivity contribution in [2.45, 2.75) is 44.2 Å². The highest BCUT2D eigenvalue weighted by Crippen LogP contribution is 2.32. The molecule has 0 aliphatic carbocycles. The Hall–Kier alpha value is -0.160. The predicted molar refractivity (Wildman–Crippen MR) is 77.2 cm³/mol. The Morgan fingerprint density at radius 1 is 1.00 bits per heavy atom. The lowest BCUT2D eigenvalue weighted by Crippen LogP contribution is -2.59. The molecule has 2 bridgehead atoms. The summed E-state index contributed by atoms with van der Waals surface area (Å²) in [7, 11) is 0. The summed E-state index contributed by atoms with van der Waals surface area (Å²) in [4.78, 5) is 5.41. The van der Waals surface area contributed by atoms with Crippen molar-refractivity contribution >= 4 is 0 Å². The van der Waals surface area contributed by atoms with E-state index in [9.17, 15) is 0 Å². The maximum atomic E-state index is 5.90. The van der Waals surface area contributed by atoms with E-state index < -0.39 is 0 Å². The summed E-state index contributed by atoms with van der Waals surface area (Å²) < 4.78 is 5.90. The maximum Gasteiger partial charge on any atom is 0.0599 e. The second kappa shape index (κ2) is 6.53. The van der Waals surface area contributed by atoms with Gasteiger partial charge in [-0.05, 0) is 57.7 Å². The standard InChI is InChI=1S/C15H29N3O/c16-6-1-11-19-14-4-9-18(10-5-14)15-12-17-7-2-13(15)3-8-17/h13-15H,1-12,16H2. The molecule has 0 saturated carbocycles. The van der Waals surface area contributed by atoms with Crippen LogP contribution in [0.25, 0.3) is 0 Å². The third-order valence-electron chi connectivity index (χ3n) is 5.27. The number of likely N-dealkylation sites (tertiary alicyclic amines) is 1. The highest BCUT2D eigenvalue weighted by Gasteiger charge is 2.38. The molecule has 2 N–H and O–H groups in total. The lowest BCUT2D eigenvalue weighted by atomic mass is 9.82. The molecule has 1 unspecified atom stereocenters. The molecule has 0 spiro atoms. The Morgan fingerprint density at radius 2 is 1.74 bits per heavy atom. The molecule has 4 saturated heterocycles. The van der Waals surface area contributed by atoms with Crippen LogP contribution >= 0.6 is 0 Å². The van der Waals surface area contributed by atoms with Crippen molar-refractivity contribution in [1.82, 2.24) is 9.80 Å². The first-order chi connectivity index (χ1) is 9.36. The molecule has 4 fully saturated rings. The smallest absolute Gasteiger partial charge is 0.0599 e. The molecule has 1 atom stereocenters. The minimum atomic E-state index is 0.490. The van der Waals surface area contributed by atoms with Gasteiger partial charge in [-0.25, -0.2) is 0 Å². The van der Waals surface area contributed by atoms with Crippen molar-refractivity contribution in [3.63, 3.8) is 0 Å². The van der Waals surface area contributed by atoms with Crippen LogP contribution in [0, 0.1) is 5.92 Å². The van der Waals surface area contributed by atoms with E-state index in [2.05, 4.69) is 9.80 Å². The normalized spacial score (nSPS) is 36.8. The Kier molecular flexibility index (Phi) is 4.74.